The van der Waals surface area contributed by atoms with Crippen molar-refractivity contribution in [2.45, 2.75) is 26.1 Å². The molecule has 4 nitrogen and oxygen atoms in total. The number of nitrogens with one attached hydrogen (secondary N) is 1. The summed E-state index contributed by atoms with van der Waals surface area (Å²) in [5.74, 6) is -0.0887. The minimum absolute atomic E-state index is 0.0338. The second-order valence-corrected chi connectivity index (χ2v) is 5.39. The molecule has 0 spiro atoms. The van der Waals surface area contributed by atoms with Gasteiger partial charge in [0.15, 0.2) is 6.10 Å². The number of hydrogen-bond donors (Lipinski definition) is 2. The third-order valence-corrected chi connectivity index (χ3v) is 3.43. The van der Waals surface area contributed by atoms with Crippen LogP contribution in [0.15, 0.2) is 48.5 Å². The van der Waals surface area contributed by atoms with Gasteiger partial charge < -0.3 is 15.2 Å². The highest BCUT2D eigenvalue weighted by Crippen LogP contribution is 2.14. The van der Waals surface area contributed by atoms with Gasteiger partial charge in [-0.25, -0.2) is 4.39 Å². The van der Waals surface area contributed by atoms with Crippen LogP contribution in [0, 0.1) is 12.7 Å². The molecule has 2 unspecified atom stereocenters. The average molecular weight is 317 g/mol. The van der Waals surface area contributed by atoms with E-state index in [-0.39, 0.29) is 18.3 Å². The molecule has 0 fully saturated rings. The van der Waals surface area contributed by atoms with E-state index in [1.54, 1.807) is 19.1 Å². The summed E-state index contributed by atoms with van der Waals surface area (Å²) >= 11 is 0. The van der Waals surface area contributed by atoms with Crippen LogP contribution >= 0.6 is 0 Å². The molecule has 23 heavy (non-hydrogen) atoms. The third kappa shape index (κ3) is 5.07. The van der Waals surface area contributed by atoms with Crippen molar-refractivity contribution in [1.82, 2.24) is 5.32 Å². The molecular formula is C18H20FNO3. The van der Waals surface area contributed by atoms with Crippen LogP contribution in [-0.4, -0.2) is 23.7 Å². The number of aryl methyl sites for hydroxylation is 1. The Morgan fingerprint density at radius 1 is 1.17 bits per heavy atom. The number of amides is 1. The molecule has 2 aromatic rings. The molecule has 0 radical (unpaired) electrons. The van der Waals surface area contributed by atoms with Gasteiger partial charge in [0.2, 0.25) is 0 Å². The molecule has 2 N–H and O–H groups in total. The summed E-state index contributed by atoms with van der Waals surface area (Å²) in [6.07, 6.45) is -1.58. The van der Waals surface area contributed by atoms with Gasteiger partial charge in [0.25, 0.3) is 5.91 Å². The van der Waals surface area contributed by atoms with Crippen molar-refractivity contribution in [2.75, 3.05) is 6.54 Å². The molecule has 0 aliphatic heterocycles. The van der Waals surface area contributed by atoms with Gasteiger partial charge in [-0.3, -0.25) is 4.79 Å². The molecule has 0 heterocycles. The summed E-state index contributed by atoms with van der Waals surface area (Å²) in [5.41, 5.74) is 1.65. The summed E-state index contributed by atoms with van der Waals surface area (Å²) in [6.45, 7) is 3.64. The lowest BCUT2D eigenvalue weighted by molar-refractivity contribution is -0.127. The van der Waals surface area contributed by atoms with E-state index in [2.05, 4.69) is 5.32 Å². The molecule has 5 heteroatoms. The molecule has 0 saturated heterocycles. The Morgan fingerprint density at radius 3 is 2.39 bits per heavy atom. The topological polar surface area (TPSA) is 58.6 Å². The van der Waals surface area contributed by atoms with E-state index in [4.69, 9.17) is 4.74 Å². The maximum absolute atomic E-state index is 12.8. The third-order valence-electron chi connectivity index (χ3n) is 3.43. The van der Waals surface area contributed by atoms with Gasteiger partial charge in [-0.2, -0.15) is 0 Å². The summed E-state index contributed by atoms with van der Waals surface area (Å²) in [7, 11) is 0. The summed E-state index contributed by atoms with van der Waals surface area (Å²) in [6, 6.07) is 12.9. The molecule has 1 amide bonds. The zero-order valence-corrected chi connectivity index (χ0v) is 13.1. The Hall–Kier alpha value is -2.40. The van der Waals surface area contributed by atoms with Crippen molar-refractivity contribution in [3.05, 3.63) is 65.5 Å². The fraction of sp³-hybridized carbons (Fsp3) is 0.278. The Balaban J connectivity index is 1.83. The van der Waals surface area contributed by atoms with Crippen LogP contribution in [0.1, 0.15) is 24.2 Å². The van der Waals surface area contributed by atoms with Crippen LogP contribution in [0.25, 0.3) is 0 Å². The Labute approximate surface area is 134 Å². The van der Waals surface area contributed by atoms with Gasteiger partial charge in [-0.1, -0.05) is 29.8 Å². The molecule has 0 aromatic heterocycles. The summed E-state index contributed by atoms with van der Waals surface area (Å²) in [5, 5.41) is 12.6. The van der Waals surface area contributed by atoms with Gasteiger partial charge in [0.1, 0.15) is 11.6 Å². The van der Waals surface area contributed by atoms with Crippen molar-refractivity contribution in [1.29, 1.82) is 0 Å². The highest BCUT2D eigenvalue weighted by atomic mass is 19.1. The van der Waals surface area contributed by atoms with Gasteiger partial charge in [-0.15, -0.1) is 0 Å². The monoisotopic (exact) mass is 317 g/mol. The predicted molar refractivity (Wildman–Crippen MR) is 85.6 cm³/mol. The number of hydrogen-bond acceptors (Lipinski definition) is 3. The first kappa shape index (κ1) is 17.0. The van der Waals surface area contributed by atoms with Gasteiger partial charge in [-0.05, 0) is 43.7 Å². The zero-order valence-electron chi connectivity index (χ0n) is 13.1. The summed E-state index contributed by atoms with van der Waals surface area (Å²) < 4.78 is 18.4. The van der Waals surface area contributed by atoms with Crippen molar-refractivity contribution in [3.8, 4) is 5.75 Å². The fourth-order valence-corrected chi connectivity index (χ4v) is 2.02. The van der Waals surface area contributed by atoms with Crippen LogP contribution in [0.3, 0.4) is 0 Å². The number of aliphatic hydroxyl groups is 1. The first-order valence-electron chi connectivity index (χ1n) is 7.40. The first-order valence-corrected chi connectivity index (χ1v) is 7.40. The Morgan fingerprint density at radius 2 is 1.78 bits per heavy atom. The van der Waals surface area contributed by atoms with Crippen molar-refractivity contribution in [3.63, 3.8) is 0 Å². The first-order chi connectivity index (χ1) is 11.0. The quantitative estimate of drug-likeness (QED) is 0.861. The summed E-state index contributed by atoms with van der Waals surface area (Å²) in [4.78, 5) is 12.0. The molecule has 0 bridgehead atoms. The molecule has 0 aliphatic carbocycles. The second kappa shape index (κ2) is 7.74. The second-order valence-electron chi connectivity index (χ2n) is 5.39. The van der Waals surface area contributed by atoms with Gasteiger partial charge in [0, 0.05) is 6.54 Å². The minimum Gasteiger partial charge on any atom is -0.481 e. The van der Waals surface area contributed by atoms with Crippen LogP contribution in [0.5, 0.6) is 5.75 Å². The molecule has 2 atom stereocenters. The van der Waals surface area contributed by atoms with E-state index in [1.165, 1.54) is 24.3 Å². The van der Waals surface area contributed by atoms with Crippen molar-refractivity contribution >= 4 is 5.91 Å². The zero-order chi connectivity index (χ0) is 16.8. The number of carbonyl (C=O) groups is 1. The number of rotatable bonds is 6. The number of carbonyl (C=O) groups excluding carboxylic acids is 1. The number of ether oxygens (including phenoxy) is 1. The number of aliphatic hydroxyl groups excluding tert-OH is 1. The smallest absolute Gasteiger partial charge is 0.260 e. The molecule has 0 aliphatic rings. The van der Waals surface area contributed by atoms with E-state index < -0.39 is 12.2 Å². The van der Waals surface area contributed by atoms with E-state index in [9.17, 15) is 14.3 Å². The molecular weight excluding hydrogens is 297 g/mol. The minimum atomic E-state index is -0.897. The van der Waals surface area contributed by atoms with E-state index in [0.717, 1.165) is 5.56 Å². The van der Waals surface area contributed by atoms with Crippen molar-refractivity contribution < 1.29 is 19.0 Å². The Kier molecular flexibility index (Phi) is 5.71. The fourth-order valence-electron chi connectivity index (χ4n) is 2.02. The SMILES string of the molecule is Cc1ccc(OC(C)C(=O)NCC(O)c2ccc(F)cc2)cc1. The van der Waals surface area contributed by atoms with Crippen LogP contribution < -0.4 is 10.1 Å². The highest BCUT2D eigenvalue weighted by molar-refractivity contribution is 5.80. The van der Waals surface area contributed by atoms with E-state index >= 15 is 0 Å². The maximum atomic E-state index is 12.8. The standard InChI is InChI=1S/C18H20FNO3/c1-12-3-9-16(10-4-12)23-13(2)18(22)20-11-17(21)14-5-7-15(19)8-6-14/h3-10,13,17,21H,11H2,1-2H3,(H,20,22). The van der Waals surface area contributed by atoms with Gasteiger partial charge in [0.05, 0.1) is 6.10 Å². The largest absolute Gasteiger partial charge is 0.481 e. The maximum Gasteiger partial charge on any atom is 0.260 e. The van der Waals surface area contributed by atoms with Crippen LogP contribution in [0.4, 0.5) is 4.39 Å². The average Bonchev–Trinajstić information content (AvgIpc) is 2.55. The van der Waals surface area contributed by atoms with E-state index in [1.807, 2.05) is 19.1 Å². The molecule has 0 saturated carbocycles. The van der Waals surface area contributed by atoms with Gasteiger partial charge >= 0.3 is 0 Å². The molecule has 122 valence electrons. The van der Waals surface area contributed by atoms with E-state index in [0.29, 0.717) is 11.3 Å². The lowest BCUT2D eigenvalue weighted by Crippen LogP contribution is -2.38. The molecule has 2 rings (SSSR count). The number of benzene rings is 2. The molecule has 2 aromatic carbocycles. The normalized spacial score (nSPS) is 13.2. The number of halogens is 1. The van der Waals surface area contributed by atoms with Crippen LogP contribution in [0.2, 0.25) is 0 Å². The lowest BCUT2D eigenvalue weighted by Gasteiger charge is -2.17. The van der Waals surface area contributed by atoms with Crippen molar-refractivity contribution in [2.24, 2.45) is 0 Å². The lowest BCUT2D eigenvalue weighted by atomic mass is 10.1. The van der Waals surface area contributed by atoms with Crippen LogP contribution in [-0.2, 0) is 4.79 Å². The highest BCUT2D eigenvalue weighted by Gasteiger charge is 2.16. The Bertz CT molecular complexity index is 640. The predicted octanol–water partition coefficient (Wildman–Crippen LogP) is 2.75.